The van der Waals surface area contributed by atoms with Gasteiger partial charge in [-0.2, -0.15) is 0 Å². The van der Waals surface area contributed by atoms with Gasteiger partial charge in [-0.3, -0.25) is 9.79 Å². The van der Waals surface area contributed by atoms with Crippen molar-refractivity contribution in [2.75, 3.05) is 43.5 Å². The monoisotopic (exact) mass is 561 g/mol. The highest BCUT2D eigenvalue weighted by atomic mass is 32.2. The zero-order valence-electron chi connectivity index (χ0n) is 22.2. The number of benzene rings is 2. The van der Waals surface area contributed by atoms with E-state index in [-0.39, 0.29) is 5.96 Å². The van der Waals surface area contributed by atoms with Gasteiger partial charge in [0, 0.05) is 36.8 Å². The van der Waals surface area contributed by atoms with Gasteiger partial charge in [-0.05, 0) is 49.6 Å². The number of rotatable bonds is 14. The van der Waals surface area contributed by atoms with Crippen molar-refractivity contribution in [2.24, 2.45) is 22.2 Å². The van der Waals surface area contributed by atoms with Crippen LogP contribution in [0, 0.1) is 0 Å². The van der Waals surface area contributed by atoms with Gasteiger partial charge in [0.05, 0.1) is 12.2 Å². The summed E-state index contributed by atoms with van der Waals surface area (Å²) in [5.74, 6) is -0.0338. The van der Waals surface area contributed by atoms with E-state index in [9.17, 15) is 14.7 Å². The molecule has 0 aliphatic carbocycles. The van der Waals surface area contributed by atoms with E-state index in [2.05, 4.69) is 34.2 Å². The molecule has 1 aliphatic rings. The number of nitrogens with zero attached hydrogens (tertiary/aromatic N) is 2. The Morgan fingerprint density at radius 3 is 2.46 bits per heavy atom. The first-order chi connectivity index (χ1) is 18.7. The summed E-state index contributed by atoms with van der Waals surface area (Å²) in [5.41, 5.74) is 17.5. The number of hydrogen-bond acceptors (Lipinski definition) is 8. The molecular formula is C27H39N5O6S. The van der Waals surface area contributed by atoms with E-state index in [1.807, 2.05) is 36.0 Å². The van der Waals surface area contributed by atoms with E-state index in [1.54, 1.807) is 6.92 Å². The number of carbonyl (C=O) groups is 2. The van der Waals surface area contributed by atoms with Gasteiger partial charge in [0.25, 0.3) is 0 Å². The molecule has 2 aromatic rings. The Kier molecular flexibility index (Phi) is 14.0. The quantitative estimate of drug-likeness (QED) is 0.129. The van der Waals surface area contributed by atoms with E-state index < -0.39 is 24.1 Å². The molecule has 3 rings (SSSR count). The zero-order chi connectivity index (χ0) is 28.6. The number of anilines is 1. The number of aliphatic imine (C=N–C) groups is 1. The Labute approximate surface area is 233 Å². The molecule has 0 spiro atoms. The average Bonchev–Trinajstić information content (AvgIpc) is 2.92. The standard InChI is InChI=1S/C21H25NO4S.C6H14N4O2/c1-2-25-19(21(23)24)15-16-7-9-17(10-8-16)26-13-11-22-12-14-27-20-6-4-3-5-18(20)22;7-4(5(11)12)2-1-3-10-6(8)9/h3-10,19H,2,11-15H2,1H3,(H,23,24);4H,1-3,7H2,(H,11,12)(H4,8,9,10)/t19-;/m0./s1. The predicted octanol–water partition coefficient (Wildman–Crippen LogP) is 2.16. The van der Waals surface area contributed by atoms with E-state index in [0.717, 1.165) is 30.2 Å². The maximum absolute atomic E-state index is 11.2. The van der Waals surface area contributed by atoms with Crippen molar-refractivity contribution in [3.8, 4) is 5.75 Å². The molecule has 2 aromatic carbocycles. The maximum atomic E-state index is 11.2. The molecule has 214 valence electrons. The lowest BCUT2D eigenvalue weighted by atomic mass is 10.1. The van der Waals surface area contributed by atoms with Crippen LogP contribution in [-0.2, 0) is 20.7 Å². The second-order valence-corrected chi connectivity index (χ2v) is 9.81. The van der Waals surface area contributed by atoms with E-state index in [4.69, 9.17) is 31.8 Å². The molecule has 1 heterocycles. The van der Waals surface area contributed by atoms with Gasteiger partial charge in [-0.1, -0.05) is 24.3 Å². The molecule has 0 radical (unpaired) electrons. The topological polar surface area (TPSA) is 187 Å². The molecule has 39 heavy (non-hydrogen) atoms. The first-order valence-electron chi connectivity index (χ1n) is 12.8. The number of thioether (sulfide) groups is 1. The molecule has 0 aromatic heterocycles. The summed E-state index contributed by atoms with van der Waals surface area (Å²) in [6.07, 6.45) is 0.502. The van der Waals surface area contributed by atoms with Crippen LogP contribution >= 0.6 is 11.8 Å². The minimum absolute atomic E-state index is 0.0129. The Morgan fingerprint density at radius 2 is 1.82 bits per heavy atom. The second-order valence-electron chi connectivity index (χ2n) is 8.68. The Hall–Kier alpha value is -3.48. The summed E-state index contributed by atoms with van der Waals surface area (Å²) >= 11 is 1.90. The lowest BCUT2D eigenvalue weighted by Crippen LogP contribution is -2.33. The number of guanidine groups is 1. The van der Waals surface area contributed by atoms with Crippen molar-refractivity contribution >= 4 is 35.3 Å². The average molecular weight is 562 g/mol. The molecule has 12 heteroatoms. The van der Waals surface area contributed by atoms with Crippen LogP contribution in [0.25, 0.3) is 0 Å². The fourth-order valence-electron chi connectivity index (χ4n) is 3.73. The molecular weight excluding hydrogens is 522 g/mol. The maximum Gasteiger partial charge on any atom is 0.333 e. The first-order valence-corrected chi connectivity index (χ1v) is 13.8. The van der Waals surface area contributed by atoms with Crippen molar-refractivity contribution < 1.29 is 29.3 Å². The molecule has 0 bridgehead atoms. The van der Waals surface area contributed by atoms with Crippen LogP contribution < -0.4 is 26.8 Å². The summed E-state index contributed by atoms with van der Waals surface area (Å²) in [6, 6.07) is 15.2. The van der Waals surface area contributed by atoms with Gasteiger partial charge in [-0.15, -0.1) is 11.8 Å². The molecule has 0 saturated heterocycles. The third kappa shape index (κ3) is 11.8. The molecule has 1 aliphatic heterocycles. The van der Waals surface area contributed by atoms with Crippen molar-refractivity contribution in [3.63, 3.8) is 0 Å². The van der Waals surface area contributed by atoms with Gasteiger partial charge in [0.15, 0.2) is 12.1 Å². The van der Waals surface area contributed by atoms with Crippen molar-refractivity contribution in [3.05, 3.63) is 54.1 Å². The van der Waals surface area contributed by atoms with Crippen molar-refractivity contribution in [2.45, 2.75) is 43.2 Å². The first kappa shape index (κ1) is 31.7. The Balaban J connectivity index is 0.000000377. The molecule has 0 amide bonds. The highest BCUT2D eigenvalue weighted by Gasteiger charge is 2.18. The van der Waals surface area contributed by atoms with Gasteiger partial charge in [-0.25, -0.2) is 4.79 Å². The van der Waals surface area contributed by atoms with E-state index in [1.165, 1.54) is 10.6 Å². The van der Waals surface area contributed by atoms with Gasteiger partial charge >= 0.3 is 11.9 Å². The molecule has 2 atom stereocenters. The largest absolute Gasteiger partial charge is 0.492 e. The smallest absolute Gasteiger partial charge is 0.333 e. The minimum atomic E-state index is -1.00. The fourth-order valence-corrected chi connectivity index (χ4v) is 4.78. The SMILES string of the molecule is CCO[C@@H](Cc1ccc(OCCN2CCSc3ccccc32)cc1)C(=O)O.NC(N)=NCCCC(N)C(=O)O. The predicted molar refractivity (Wildman–Crippen MR) is 154 cm³/mol. The summed E-state index contributed by atoms with van der Waals surface area (Å²) in [7, 11) is 0. The third-order valence-corrected chi connectivity index (χ3v) is 6.77. The van der Waals surface area contributed by atoms with Crippen molar-refractivity contribution in [1.29, 1.82) is 0 Å². The number of aliphatic carboxylic acids is 2. The molecule has 1 unspecified atom stereocenters. The van der Waals surface area contributed by atoms with Crippen LogP contribution in [0.1, 0.15) is 25.3 Å². The van der Waals surface area contributed by atoms with Crippen LogP contribution in [0.15, 0.2) is 58.4 Å². The van der Waals surface area contributed by atoms with Gasteiger partial charge in [0.1, 0.15) is 18.4 Å². The van der Waals surface area contributed by atoms with Crippen LogP contribution in [0.5, 0.6) is 5.75 Å². The number of ether oxygens (including phenoxy) is 2. The number of carboxylic acids is 2. The second kappa shape index (κ2) is 17.2. The number of nitrogens with two attached hydrogens (primary N) is 3. The molecule has 8 N–H and O–H groups in total. The zero-order valence-corrected chi connectivity index (χ0v) is 23.0. The lowest BCUT2D eigenvalue weighted by Gasteiger charge is -2.30. The van der Waals surface area contributed by atoms with Crippen LogP contribution in [0.4, 0.5) is 5.69 Å². The summed E-state index contributed by atoms with van der Waals surface area (Å²) in [5, 5.41) is 17.6. The Bertz CT molecular complexity index is 1060. The van der Waals surface area contributed by atoms with Crippen LogP contribution in [-0.4, -0.2) is 78.9 Å². The minimum Gasteiger partial charge on any atom is -0.492 e. The normalized spacial score (nSPS) is 13.7. The molecule has 0 saturated carbocycles. The van der Waals surface area contributed by atoms with Crippen LogP contribution in [0.2, 0.25) is 0 Å². The highest BCUT2D eigenvalue weighted by Crippen LogP contribution is 2.34. The number of carboxylic acid groups (broad SMARTS) is 2. The summed E-state index contributed by atoms with van der Waals surface area (Å²) in [6.45, 7) is 5.07. The number of para-hydroxylation sites is 1. The number of fused-ring (bicyclic) bond motifs is 1. The summed E-state index contributed by atoms with van der Waals surface area (Å²) in [4.78, 5) is 28.8. The molecule has 11 nitrogen and oxygen atoms in total. The van der Waals surface area contributed by atoms with E-state index >= 15 is 0 Å². The molecule has 0 fully saturated rings. The Morgan fingerprint density at radius 1 is 1.10 bits per heavy atom. The lowest BCUT2D eigenvalue weighted by molar-refractivity contribution is -0.150. The third-order valence-electron chi connectivity index (χ3n) is 5.73. The number of hydrogen-bond donors (Lipinski definition) is 5. The van der Waals surface area contributed by atoms with Crippen LogP contribution in [0.3, 0.4) is 0 Å². The summed E-state index contributed by atoms with van der Waals surface area (Å²) < 4.78 is 11.1. The van der Waals surface area contributed by atoms with E-state index in [0.29, 0.717) is 39.0 Å². The van der Waals surface area contributed by atoms with Gasteiger partial charge < -0.3 is 41.8 Å². The fraction of sp³-hybridized carbons (Fsp3) is 0.444. The highest BCUT2D eigenvalue weighted by molar-refractivity contribution is 7.99. The van der Waals surface area contributed by atoms with Gasteiger partial charge in [0.2, 0.25) is 0 Å². The van der Waals surface area contributed by atoms with Crippen molar-refractivity contribution in [1.82, 2.24) is 0 Å².